The maximum atomic E-state index is 10.8. The van der Waals surface area contributed by atoms with Gasteiger partial charge in [-0.2, -0.15) is 0 Å². The monoisotopic (exact) mass is 223 g/mol. The summed E-state index contributed by atoms with van der Waals surface area (Å²) in [5, 5.41) is 12.0. The van der Waals surface area contributed by atoms with Crippen LogP contribution >= 0.6 is 0 Å². The molecule has 1 rings (SSSR count). The first-order valence-corrected chi connectivity index (χ1v) is 5.13. The molecule has 1 aromatic heterocycles. The Hall–Kier alpha value is -1.49. The van der Waals surface area contributed by atoms with Gasteiger partial charge in [0.1, 0.15) is 0 Å². The van der Waals surface area contributed by atoms with E-state index < -0.39 is 11.4 Å². The Morgan fingerprint density at radius 3 is 2.62 bits per heavy atom. The van der Waals surface area contributed by atoms with Gasteiger partial charge in [-0.1, -0.05) is 0 Å². The van der Waals surface area contributed by atoms with E-state index in [4.69, 9.17) is 5.11 Å². The van der Waals surface area contributed by atoms with E-state index in [0.29, 0.717) is 13.1 Å². The molecule has 0 spiro atoms. The summed E-state index contributed by atoms with van der Waals surface area (Å²) in [6.45, 7) is 6.17. The van der Waals surface area contributed by atoms with Gasteiger partial charge in [-0.3, -0.25) is 14.8 Å². The predicted molar refractivity (Wildman–Crippen MR) is 59.9 cm³/mol. The molecule has 88 valence electrons. The van der Waals surface area contributed by atoms with E-state index in [1.807, 2.05) is 6.92 Å². The minimum atomic E-state index is -0.810. The van der Waals surface area contributed by atoms with Gasteiger partial charge in [0, 0.05) is 25.5 Å². The lowest BCUT2D eigenvalue weighted by Crippen LogP contribution is -2.35. The topological polar surface area (TPSA) is 75.1 Å². The highest BCUT2D eigenvalue weighted by Crippen LogP contribution is 2.13. The van der Waals surface area contributed by atoms with Gasteiger partial charge >= 0.3 is 5.97 Å². The number of carboxylic acid groups (broad SMARTS) is 1. The van der Waals surface area contributed by atoms with Crippen LogP contribution in [0.15, 0.2) is 12.4 Å². The van der Waals surface area contributed by atoms with E-state index in [2.05, 4.69) is 15.3 Å². The van der Waals surface area contributed by atoms with Crippen molar-refractivity contribution in [3.63, 3.8) is 0 Å². The largest absolute Gasteiger partial charge is 0.481 e. The lowest BCUT2D eigenvalue weighted by atomic mass is 9.94. The van der Waals surface area contributed by atoms with Crippen LogP contribution in [-0.4, -0.2) is 27.6 Å². The molecule has 0 fully saturated rings. The van der Waals surface area contributed by atoms with Crippen LogP contribution in [0, 0.1) is 12.3 Å². The molecule has 2 N–H and O–H groups in total. The predicted octanol–water partition coefficient (Wildman–Crippen LogP) is 0.985. The maximum absolute atomic E-state index is 10.8. The number of aryl methyl sites for hydroxylation is 1. The van der Waals surface area contributed by atoms with Crippen molar-refractivity contribution in [2.24, 2.45) is 5.41 Å². The standard InChI is InChI=1S/C11H17N3O2/c1-8-4-14-9(6-13-8)5-12-7-11(2,3)10(15)16/h4,6,12H,5,7H2,1-3H3,(H,15,16). The summed E-state index contributed by atoms with van der Waals surface area (Å²) >= 11 is 0. The maximum Gasteiger partial charge on any atom is 0.310 e. The molecule has 0 bridgehead atoms. The van der Waals surface area contributed by atoms with Crippen LogP contribution in [0.4, 0.5) is 0 Å². The Balaban J connectivity index is 2.41. The minimum absolute atomic E-state index is 0.401. The number of hydrogen-bond acceptors (Lipinski definition) is 4. The van der Waals surface area contributed by atoms with Gasteiger partial charge in [-0.05, 0) is 20.8 Å². The first-order valence-electron chi connectivity index (χ1n) is 5.13. The van der Waals surface area contributed by atoms with Gasteiger partial charge in [0.05, 0.1) is 16.8 Å². The van der Waals surface area contributed by atoms with Crippen LogP contribution < -0.4 is 5.32 Å². The molecule has 0 saturated carbocycles. The SMILES string of the molecule is Cc1cnc(CNCC(C)(C)C(=O)O)cn1. The summed E-state index contributed by atoms with van der Waals surface area (Å²) in [6.07, 6.45) is 3.38. The van der Waals surface area contributed by atoms with Crippen molar-refractivity contribution in [3.8, 4) is 0 Å². The zero-order valence-corrected chi connectivity index (χ0v) is 9.82. The van der Waals surface area contributed by atoms with E-state index in [0.717, 1.165) is 11.4 Å². The lowest BCUT2D eigenvalue weighted by molar-refractivity contribution is -0.146. The highest BCUT2D eigenvalue weighted by Gasteiger charge is 2.26. The Morgan fingerprint density at radius 1 is 1.44 bits per heavy atom. The number of aromatic nitrogens is 2. The second-order valence-electron chi connectivity index (χ2n) is 4.44. The van der Waals surface area contributed by atoms with Crippen molar-refractivity contribution in [2.45, 2.75) is 27.3 Å². The van der Waals surface area contributed by atoms with Crippen molar-refractivity contribution >= 4 is 5.97 Å². The number of carboxylic acids is 1. The molecule has 0 radical (unpaired) electrons. The lowest BCUT2D eigenvalue weighted by Gasteiger charge is -2.19. The normalized spacial score (nSPS) is 11.4. The smallest absolute Gasteiger partial charge is 0.310 e. The molecule has 1 aromatic rings. The third-order valence-corrected chi connectivity index (χ3v) is 2.29. The molecule has 0 amide bonds. The molecule has 0 atom stereocenters. The number of rotatable bonds is 5. The summed E-state index contributed by atoms with van der Waals surface area (Å²) in [4.78, 5) is 19.1. The summed E-state index contributed by atoms with van der Waals surface area (Å²) < 4.78 is 0. The van der Waals surface area contributed by atoms with Crippen LogP contribution in [0.3, 0.4) is 0 Å². The summed E-state index contributed by atoms with van der Waals surface area (Å²) in [6, 6.07) is 0. The molecule has 0 aliphatic rings. The zero-order valence-electron chi connectivity index (χ0n) is 9.82. The highest BCUT2D eigenvalue weighted by molar-refractivity contribution is 5.73. The van der Waals surface area contributed by atoms with Crippen molar-refractivity contribution in [1.82, 2.24) is 15.3 Å². The van der Waals surface area contributed by atoms with Gasteiger partial charge in [-0.15, -0.1) is 0 Å². The van der Waals surface area contributed by atoms with Crippen LogP contribution in [0.5, 0.6) is 0 Å². The molecule has 16 heavy (non-hydrogen) atoms. The Kier molecular flexibility index (Phi) is 3.95. The fourth-order valence-electron chi connectivity index (χ4n) is 1.09. The van der Waals surface area contributed by atoms with Crippen LogP contribution in [-0.2, 0) is 11.3 Å². The van der Waals surface area contributed by atoms with Gasteiger partial charge in [0.15, 0.2) is 0 Å². The van der Waals surface area contributed by atoms with Crippen LogP contribution in [0.1, 0.15) is 25.2 Å². The first kappa shape index (κ1) is 12.6. The molecule has 0 aromatic carbocycles. The van der Waals surface area contributed by atoms with Crippen molar-refractivity contribution in [3.05, 3.63) is 23.8 Å². The number of aliphatic carboxylic acids is 1. The molecule has 5 nitrogen and oxygen atoms in total. The molecular weight excluding hydrogens is 206 g/mol. The van der Waals surface area contributed by atoms with Crippen LogP contribution in [0.25, 0.3) is 0 Å². The quantitative estimate of drug-likeness (QED) is 0.778. The second kappa shape index (κ2) is 5.03. The van der Waals surface area contributed by atoms with Gasteiger partial charge in [0.25, 0.3) is 0 Å². The Bertz CT molecular complexity index is 360. The third kappa shape index (κ3) is 3.58. The number of hydrogen-bond donors (Lipinski definition) is 2. The van der Waals surface area contributed by atoms with Crippen molar-refractivity contribution in [2.75, 3.05) is 6.54 Å². The summed E-state index contributed by atoms with van der Waals surface area (Å²) in [5.41, 5.74) is 0.916. The van der Waals surface area contributed by atoms with Crippen molar-refractivity contribution < 1.29 is 9.90 Å². The molecule has 0 aliphatic carbocycles. The third-order valence-electron chi connectivity index (χ3n) is 2.29. The van der Waals surface area contributed by atoms with E-state index in [1.54, 1.807) is 26.2 Å². The Morgan fingerprint density at radius 2 is 2.12 bits per heavy atom. The fraction of sp³-hybridized carbons (Fsp3) is 0.545. The van der Waals surface area contributed by atoms with Gasteiger partial charge in [-0.25, -0.2) is 0 Å². The molecular formula is C11H17N3O2. The van der Waals surface area contributed by atoms with E-state index in [9.17, 15) is 4.79 Å². The molecule has 1 heterocycles. The van der Waals surface area contributed by atoms with Crippen molar-refractivity contribution in [1.29, 1.82) is 0 Å². The number of carbonyl (C=O) groups is 1. The zero-order chi connectivity index (χ0) is 12.2. The highest BCUT2D eigenvalue weighted by atomic mass is 16.4. The molecule has 0 aliphatic heterocycles. The summed E-state index contributed by atoms with van der Waals surface area (Å²) in [5.74, 6) is -0.810. The fourth-order valence-corrected chi connectivity index (χ4v) is 1.09. The molecule has 0 unspecified atom stereocenters. The minimum Gasteiger partial charge on any atom is -0.481 e. The Labute approximate surface area is 94.9 Å². The molecule has 0 saturated heterocycles. The summed E-state index contributed by atoms with van der Waals surface area (Å²) in [7, 11) is 0. The number of nitrogens with one attached hydrogen (secondary N) is 1. The number of nitrogens with zero attached hydrogens (tertiary/aromatic N) is 2. The van der Waals surface area contributed by atoms with Gasteiger partial charge in [0.2, 0.25) is 0 Å². The van der Waals surface area contributed by atoms with Crippen LogP contribution in [0.2, 0.25) is 0 Å². The second-order valence-corrected chi connectivity index (χ2v) is 4.44. The average Bonchev–Trinajstić information content (AvgIpc) is 2.20. The first-order chi connectivity index (χ1) is 7.42. The van der Waals surface area contributed by atoms with E-state index in [-0.39, 0.29) is 0 Å². The van der Waals surface area contributed by atoms with E-state index in [1.165, 1.54) is 0 Å². The van der Waals surface area contributed by atoms with Gasteiger partial charge < -0.3 is 10.4 Å². The molecule has 5 heteroatoms. The average molecular weight is 223 g/mol. The van der Waals surface area contributed by atoms with E-state index >= 15 is 0 Å².